The van der Waals surface area contributed by atoms with Gasteiger partial charge >= 0.3 is 17.9 Å². The normalized spacial score (nSPS) is 40.8. The van der Waals surface area contributed by atoms with Crippen LogP contribution in [0.4, 0.5) is 0 Å². The van der Waals surface area contributed by atoms with E-state index in [0.29, 0.717) is 48.5 Å². The highest BCUT2D eigenvalue weighted by Gasteiger charge is 2.65. The summed E-state index contributed by atoms with van der Waals surface area (Å²) < 4.78 is 22.6. The maximum Gasteiger partial charge on any atom is 0.308 e. The van der Waals surface area contributed by atoms with Crippen molar-refractivity contribution >= 4 is 17.9 Å². The van der Waals surface area contributed by atoms with E-state index in [9.17, 15) is 14.4 Å². The van der Waals surface area contributed by atoms with Crippen LogP contribution in [-0.4, -0.2) is 43.0 Å². The summed E-state index contributed by atoms with van der Waals surface area (Å²) in [6, 6.07) is 0. The van der Waals surface area contributed by atoms with Crippen LogP contribution in [0.3, 0.4) is 0 Å². The van der Waals surface area contributed by atoms with Crippen molar-refractivity contribution in [2.75, 3.05) is 6.61 Å². The van der Waals surface area contributed by atoms with Gasteiger partial charge in [0, 0.05) is 32.3 Å². The molecule has 4 aliphatic rings. The SMILES string of the molecule is CCOC(C)OC(=O)CCC(C)C1CCC2C3CCC4CC(OC(C)=O)CCC4(C)C3CC(OC(C)=O)C12C. The van der Waals surface area contributed by atoms with Crippen LogP contribution in [0, 0.1) is 46.3 Å². The molecule has 0 saturated heterocycles. The van der Waals surface area contributed by atoms with Gasteiger partial charge in [-0.25, -0.2) is 0 Å². The largest absolute Gasteiger partial charge is 0.463 e. The fraction of sp³-hybridized carbons (Fsp3) is 0.906. The Morgan fingerprint density at radius 1 is 0.897 bits per heavy atom. The summed E-state index contributed by atoms with van der Waals surface area (Å²) >= 11 is 0. The van der Waals surface area contributed by atoms with Crippen LogP contribution in [-0.2, 0) is 33.3 Å². The van der Waals surface area contributed by atoms with Crippen molar-refractivity contribution in [3.63, 3.8) is 0 Å². The predicted octanol–water partition coefficient (Wildman–Crippen LogP) is 6.46. The minimum atomic E-state index is -0.518. The number of carbonyl (C=O) groups is 3. The molecule has 0 amide bonds. The molecule has 7 heteroatoms. The van der Waals surface area contributed by atoms with E-state index in [4.69, 9.17) is 18.9 Å². The minimum absolute atomic E-state index is 0.0372. The van der Waals surface area contributed by atoms with Crippen molar-refractivity contribution in [1.82, 2.24) is 0 Å². The monoisotopic (exact) mass is 548 g/mol. The van der Waals surface area contributed by atoms with Gasteiger partial charge in [0.15, 0.2) is 6.29 Å². The first-order valence-electron chi connectivity index (χ1n) is 15.6. The average molecular weight is 549 g/mol. The molecule has 0 bridgehead atoms. The van der Waals surface area contributed by atoms with E-state index in [-0.39, 0.29) is 40.9 Å². The molecule has 4 saturated carbocycles. The van der Waals surface area contributed by atoms with E-state index in [2.05, 4.69) is 20.8 Å². The summed E-state index contributed by atoms with van der Waals surface area (Å²) in [5.74, 6) is 2.35. The number of ether oxygens (including phenoxy) is 4. The van der Waals surface area contributed by atoms with Crippen LogP contribution in [0.5, 0.6) is 0 Å². The topological polar surface area (TPSA) is 88.1 Å². The average Bonchev–Trinajstić information content (AvgIpc) is 3.21. The molecule has 0 aromatic carbocycles. The number of fused-ring (bicyclic) bond motifs is 5. The summed E-state index contributed by atoms with van der Waals surface area (Å²) in [4.78, 5) is 36.5. The Kier molecular flexibility index (Phi) is 9.40. The molecule has 0 N–H and O–H groups in total. The maximum atomic E-state index is 12.5. The summed E-state index contributed by atoms with van der Waals surface area (Å²) in [5, 5.41) is 0. The van der Waals surface area contributed by atoms with Gasteiger partial charge < -0.3 is 18.9 Å². The second-order valence-corrected chi connectivity index (χ2v) is 13.6. The van der Waals surface area contributed by atoms with Crippen LogP contribution < -0.4 is 0 Å². The summed E-state index contributed by atoms with van der Waals surface area (Å²) in [6.07, 6.45) is 9.08. The molecule has 0 aromatic rings. The van der Waals surface area contributed by atoms with Gasteiger partial charge in [0.25, 0.3) is 0 Å². The van der Waals surface area contributed by atoms with Crippen LogP contribution in [0.2, 0.25) is 0 Å². The quantitative estimate of drug-likeness (QED) is 0.186. The lowest BCUT2D eigenvalue weighted by Gasteiger charge is -2.62. The molecule has 222 valence electrons. The zero-order chi connectivity index (χ0) is 28.5. The second-order valence-electron chi connectivity index (χ2n) is 13.6. The summed E-state index contributed by atoms with van der Waals surface area (Å²) in [5.41, 5.74) is 0.0942. The molecule has 0 aromatic heterocycles. The Bertz CT molecular complexity index is 903. The third-order valence-corrected chi connectivity index (χ3v) is 11.6. The van der Waals surface area contributed by atoms with Gasteiger partial charge in [0.1, 0.15) is 12.2 Å². The molecule has 7 nitrogen and oxygen atoms in total. The van der Waals surface area contributed by atoms with Crippen LogP contribution >= 0.6 is 0 Å². The second kappa shape index (κ2) is 12.1. The van der Waals surface area contributed by atoms with E-state index in [1.165, 1.54) is 19.8 Å². The fourth-order valence-corrected chi connectivity index (χ4v) is 9.89. The Labute approximate surface area is 235 Å². The predicted molar refractivity (Wildman–Crippen MR) is 147 cm³/mol. The van der Waals surface area contributed by atoms with Gasteiger partial charge in [0.05, 0.1) is 0 Å². The van der Waals surface area contributed by atoms with Gasteiger partial charge in [-0.05, 0) is 113 Å². The molecular weight excluding hydrogens is 496 g/mol. The molecule has 4 rings (SSSR count). The lowest BCUT2D eigenvalue weighted by atomic mass is 9.43. The molecule has 0 spiro atoms. The number of hydrogen-bond donors (Lipinski definition) is 0. The third kappa shape index (κ3) is 6.04. The summed E-state index contributed by atoms with van der Waals surface area (Å²) in [6.45, 7) is 14.3. The highest BCUT2D eigenvalue weighted by Crippen LogP contribution is 2.69. The zero-order valence-corrected chi connectivity index (χ0v) is 25.3. The Balaban J connectivity index is 1.50. The third-order valence-electron chi connectivity index (χ3n) is 11.6. The molecule has 0 aliphatic heterocycles. The first-order chi connectivity index (χ1) is 18.4. The fourth-order valence-electron chi connectivity index (χ4n) is 9.89. The van der Waals surface area contributed by atoms with Gasteiger partial charge in [-0.2, -0.15) is 0 Å². The molecule has 0 radical (unpaired) electrons. The zero-order valence-electron chi connectivity index (χ0n) is 25.3. The van der Waals surface area contributed by atoms with Crippen molar-refractivity contribution in [3.05, 3.63) is 0 Å². The van der Waals surface area contributed by atoms with E-state index in [1.54, 1.807) is 13.8 Å². The van der Waals surface area contributed by atoms with Crippen molar-refractivity contribution < 1.29 is 33.3 Å². The smallest absolute Gasteiger partial charge is 0.308 e. The van der Waals surface area contributed by atoms with Gasteiger partial charge in [-0.1, -0.05) is 20.8 Å². The van der Waals surface area contributed by atoms with Crippen LogP contribution in [0.15, 0.2) is 0 Å². The molecule has 4 fully saturated rings. The molecule has 11 unspecified atom stereocenters. The van der Waals surface area contributed by atoms with Crippen molar-refractivity contribution in [3.8, 4) is 0 Å². The van der Waals surface area contributed by atoms with Crippen molar-refractivity contribution in [2.24, 2.45) is 46.3 Å². The first kappa shape index (κ1) is 30.3. The Morgan fingerprint density at radius 2 is 1.62 bits per heavy atom. The van der Waals surface area contributed by atoms with E-state index in [0.717, 1.165) is 44.9 Å². The van der Waals surface area contributed by atoms with E-state index in [1.807, 2.05) is 6.92 Å². The number of esters is 3. The summed E-state index contributed by atoms with van der Waals surface area (Å²) in [7, 11) is 0. The van der Waals surface area contributed by atoms with E-state index >= 15 is 0 Å². The highest BCUT2D eigenvalue weighted by atomic mass is 16.7. The van der Waals surface area contributed by atoms with Crippen LogP contribution in [0.1, 0.15) is 113 Å². The van der Waals surface area contributed by atoms with Crippen LogP contribution in [0.25, 0.3) is 0 Å². The lowest BCUT2D eigenvalue weighted by molar-refractivity contribution is -0.198. The first-order valence-corrected chi connectivity index (χ1v) is 15.6. The van der Waals surface area contributed by atoms with E-state index < -0.39 is 6.29 Å². The number of rotatable bonds is 9. The molecule has 0 heterocycles. The molecule has 4 aliphatic carbocycles. The van der Waals surface area contributed by atoms with Gasteiger partial charge in [0.2, 0.25) is 0 Å². The maximum absolute atomic E-state index is 12.5. The molecule has 11 atom stereocenters. The standard InChI is InChI=1S/C32H52O7/c1-8-36-22(5)39-30(35)14-9-19(2)26-12-13-27-25-11-10-23-17-24(37-20(3)33)15-16-31(23,6)28(25)18-29(32(26,27)7)38-21(4)34/h19,22-29H,8-18H2,1-7H3. The molecule has 39 heavy (non-hydrogen) atoms. The number of hydrogen-bond acceptors (Lipinski definition) is 7. The Hall–Kier alpha value is -1.63. The Morgan fingerprint density at radius 3 is 2.28 bits per heavy atom. The molecular formula is C32H52O7. The lowest BCUT2D eigenvalue weighted by Crippen LogP contribution is -2.59. The number of carbonyl (C=O) groups excluding carboxylic acids is 3. The highest BCUT2D eigenvalue weighted by molar-refractivity contribution is 5.69. The van der Waals surface area contributed by atoms with Gasteiger partial charge in [-0.15, -0.1) is 0 Å². The van der Waals surface area contributed by atoms with Gasteiger partial charge in [-0.3, -0.25) is 14.4 Å². The minimum Gasteiger partial charge on any atom is -0.463 e. The van der Waals surface area contributed by atoms with Crippen molar-refractivity contribution in [2.45, 2.75) is 131 Å². The van der Waals surface area contributed by atoms with Crippen molar-refractivity contribution in [1.29, 1.82) is 0 Å².